The van der Waals surface area contributed by atoms with E-state index < -0.39 is 22.9 Å². The van der Waals surface area contributed by atoms with E-state index in [-0.39, 0.29) is 11.4 Å². The van der Waals surface area contributed by atoms with E-state index in [0.717, 1.165) is 18.4 Å². The van der Waals surface area contributed by atoms with Crippen molar-refractivity contribution in [2.24, 2.45) is 0 Å². The molecule has 0 amide bonds. The van der Waals surface area contributed by atoms with Gasteiger partial charge in [0.2, 0.25) is 8.32 Å². The maximum absolute atomic E-state index is 13.3. The Morgan fingerprint density at radius 2 is 1.50 bits per heavy atom. The van der Waals surface area contributed by atoms with Crippen LogP contribution in [-0.4, -0.2) is 39.4 Å². The summed E-state index contributed by atoms with van der Waals surface area (Å²) in [7, 11) is -5.14. The number of ether oxygens (including phenoxy) is 1. The van der Waals surface area contributed by atoms with Gasteiger partial charge in [-0.05, 0) is 47.9 Å². The Morgan fingerprint density at radius 1 is 0.967 bits per heavy atom. The average molecular weight is 453 g/mol. The number of hydrogen-bond donors (Lipinski definition) is 0. The third-order valence-electron chi connectivity index (χ3n) is 7.46. The molecule has 1 aromatic carbocycles. The molecule has 30 heavy (non-hydrogen) atoms. The lowest BCUT2D eigenvalue weighted by molar-refractivity contribution is 0.0973. The number of sulfone groups is 1. The predicted molar refractivity (Wildman–Crippen MR) is 126 cm³/mol. The van der Waals surface area contributed by atoms with Gasteiger partial charge in [-0.15, -0.1) is 0 Å². The molecule has 0 aromatic heterocycles. The van der Waals surface area contributed by atoms with Crippen LogP contribution in [0.2, 0.25) is 16.6 Å². The second kappa shape index (κ2) is 9.05. The van der Waals surface area contributed by atoms with E-state index >= 15 is 0 Å². The van der Waals surface area contributed by atoms with Gasteiger partial charge in [-0.3, -0.25) is 0 Å². The Bertz CT molecular complexity index is 772. The minimum atomic E-state index is -3.18. The van der Waals surface area contributed by atoms with Gasteiger partial charge in [0.15, 0.2) is 9.84 Å². The molecule has 0 unspecified atom stereocenters. The van der Waals surface area contributed by atoms with E-state index in [0.29, 0.717) is 42.7 Å². The van der Waals surface area contributed by atoms with Crippen molar-refractivity contribution in [1.82, 2.24) is 0 Å². The molecule has 1 aromatic rings. The first-order valence-electron chi connectivity index (χ1n) is 11.6. The molecule has 0 bridgehead atoms. The van der Waals surface area contributed by atoms with Crippen molar-refractivity contribution >= 4 is 18.2 Å². The molecular weight excluding hydrogens is 412 g/mol. The van der Waals surface area contributed by atoms with Crippen molar-refractivity contribution in [1.29, 1.82) is 0 Å². The van der Waals surface area contributed by atoms with E-state index in [1.807, 2.05) is 30.3 Å². The van der Waals surface area contributed by atoms with Crippen LogP contribution < -0.4 is 0 Å². The van der Waals surface area contributed by atoms with Crippen LogP contribution in [0.5, 0.6) is 0 Å². The highest BCUT2D eigenvalue weighted by Crippen LogP contribution is 2.51. The van der Waals surface area contributed by atoms with Gasteiger partial charge >= 0.3 is 0 Å². The van der Waals surface area contributed by atoms with E-state index in [2.05, 4.69) is 41.5 Å². The third kappa shape index (κ3) is 4.43. The molecule has 2 fully saturated rings. The van der Waals surface area contributed by atoms with Crippen LogP contribution in [0.15, 0.2) is 30.3 Å². The molecule has 4 nitrogen and oxygen atoms in total. The van der Waals surface area contributed by atoms with Gasteiger partial charge in [-0.25, -0.2) is 8.42 Å². The summed E-state index contributed by atoms with van der Waals surface area (Å²) in [6.45, 7) is 14.5. The van der Waals surface area contributed by atoms with Crippen LogP contribution in [0.25, 0.3) is 0 Å². The molecule has 2 saturated carbocycles. The van der Waals surface area contributed by atoms with Crippen LogP contribution in [0.1, 0.15) is 72.8 Å². The summed E-state index contributed by atoms with van der Waals surface area (Å²) in [5.41, 5.74) is 2.65. The topological polar surface area (TPSA) is 52.6 Å². The van der Waals surface area contributed by atoms with Gasteiger partial charge in [0.25, 0.3) is 0 Å². The normalized spacial score (nSPS) is 23.8. The first kappa shape index (κ1) is 24.0. The Balaban J connectivity index is 1.57. The molecule has 170 valence electrons. The van der Waals surface area contributed by atoms with E-state index in [9.17, 15) is 8.42 Å². The second-order valence-electron chi connectivity index (χ2n) is 10.4. The molecule has 0 N–H and O–H groups in total. The highest BCUT2D eigenvalue weighted by molar-refractivity contribution is 7.93. The molecular formula is C24H40O4SSi. The fraction of sp³-hybridized carbons (Fsp3) is 0.750. The van der Waals surface area contributed by atoms with Crippen LogP contribution in [0, 0.1) is 0 Å². The molecule has 0 spiro atoms. The van der Waals surface area contributed by atoms with Crippen LogP contribution >= 0.6 is 0 Å². The largest absolute Gasteiger partial charge is 0.413 e. The van der Waals surface area contributed by atoms with E-state index in [1.165, 1.54) is 0 Å². The maximum Gasteiger partial charge on any atom is 0.200 e. The summed E-state index contributed by atoms with van der Waals surface area (Å²) < 4.78 is 38.7. The molecule has 0 radical (unpaired) electrons. The summed E-state index contributed by atoms with van der Waals surface area (Å²) in [6.07, 6.45) is 2.88. The zero-order chi connectivity index (χ0) is 22.2. The van der Waals surface area contributed by atoms with E-state index in [1.54, 1.807) is 0 Å². The smallest absolute Gasteiger partial charge is 0.200 e. The van der Waals surface area contributed by atoms with Crippen molar-refractivity contribution in [2.45, 2.75) is 107 Å². The van der Waals surface area contributed by atoms with Crippen molar-refractivity contribution in [2.75, 3.05) is 6.61 Å². The first-order valence-corrected chi connectivity index (χ1v) is 15.3. The Kier molecular flexibility index (Phi) is 7.22. The summed E-state index contributed by atoms with van der Waals surface area (Å²) in [5.74, 6) is 0. The molecule has 0 aliphatic heterocycles. The van der Waals surface area contributed by atoms with Gasteiger partial charge in [0.1, 0.15) is 0 Å². The lowest BCUT2D eigenvalue weighted by Gasteiger charge is -2.48. The third-order valence-corrected chi connectivity index (χ3v) is 16.6. The quantitative estimate of drug-likeness (QED) is 0.394. The predicted octanol–water partition coefficient (Wildman–Crippen LogP) is 5.87. The highest BCUT2D eigenvalue weighted by Gasteiger charge is 2.60. The van der Waals surface area contributed by atoms with Gasteiger partial charge in [0.05, 0.1) is 23.2 Å². The second-order valence-corrected chi connectivity index (χ2v) is 18.4. The monoisotopic (exact) mass is 452 g/mol. The van der Waals surface area contributed by atoms with Crippen molar-refractivity contribution < 1.29 is 17.6 Å². The van der Waals surface area contributed by atoms with Crippen LogP contribution in [-0.2, 0) is 25.6 Å². The van der Waals surface area contributed by atoms with Crippen molar-refractivity contribution in [3.8, 4) is 0 Å². The van der Waals surface area contributed by atoms with Crippen LogP contribution in [0.4, 0.5) is 0 Å². The van der Waals surface area contributed by atoms with Gasteiger partial charge in [-0.1, -0.05) is 71.9 Å². The minimum absolute atomic E-state index is 0.102. The fourth-order valence-corrected chi connectivity index (χ4v) is 13.6. The van der Waals surface area contributed by atoms with Gasteiger partial charge in [0, 0.05) is 6.10 Å². The lowest BCUT2D eigenvalue weighted by atomic mass is 9.96. The Hall–Kier alpha value is -0.693. The molecule has 2 aliphatic rings. The zero-order valence-corrected chi connectivity index (χ0v) is 21.4. The molecule has 3 rings (SSSR count). The molecule has 2 aliphatic carbocycles. The van der Waals surface area contributed by atoms with E-state index in [4.69, 9.17) is 9.16 Å². The average Bonchev–Trinajstić information content (AvgIpc) is 3.42. The molecule has 0 heterocycles. The summed E-state index contributed by atoms with van der Waals surface area (Å²) >= 11 is 0. The number of hydrogen-bond acceptors (Lipinski definition) is 4. The maximum atomic E-state index is 13.3. The summed E-state index contributed by atoms with van der Waals surface area (Å²) in [4.78, 5) is 0. The standard InChI is InChI=1S/C24H40O4SSi/c1-18(2)30(19(3)4,20(5)6)28-22-14-23(15-22)29(25,26)24(12-13-24)17-27-16-21-10-8-7-9-11-21/h7-11,18-20,22-23H,12-17H2,1-6H3. The SMILES string of the molecule is CC(C)[Si](OC1CC(S(=O)(=O)C2(COCc3ccccc3)CC2)C1)(C(C)C)C(C)C. The Morgan fingerprint density at radius 3 is 1.97 bits per heavy atom. The summed E-state index contributed by atoms with van der Waals surface area (Å²) in [6, 6.07) is 9.95. The van der Waals surface area contributed by atoms with Crippen LogP contribution in [0.3, 0.4) is 0 Å². The molecule has 0 atom stereocenters. The van der Waals surface area contributed by atoms with Crippen molar-refractivity contribution in [3.05, 3.63) is 35.9 Å². The zero-order valence-electron chi connectivity index (χ0n) is 19.6. The molecule has 0 saturated heterocycles. The van der Waals surface area contributed by atoms with Gasteiger partial charge in [-0.2, -0.15) is 0 Å². The number of rotatable bonds is 11. The minimum Gasteiger partial charge on any atom is -0.413 e. The van der Waals surface area contributed by atoms with Gasteiger partial charge < -0.3 is 9.16 Å². The summed E-state index contributed by atoms with van der Waals surface area (Å²) in [5, 5.41) is -0.261. The fourth-order valence-electron chi connectivity index (χ4n) is 5.50. The first-order chi connectivity index (χ1) is 14.0. The Labute approximate surface area is 184 Å². The molecule has 6 heteroatoms. The highest BCUT2D eigenvalue weighted by atomic mass is 32.2. The number of benzene rings is 1. The van der Waals surface area contributed by atoms with Crippen molar-refractivity contribution in [3.63, 3.8) is 0 Å². The lowest BCUT2D eigenvalue weighted by Crippen LogP contribution is -2.55.